The quantitative estimate of drug-likeness (QED) is 0.813. The molecule has 120 valence electrons. The van der Waals surface area contributed by atoms with E-state index in [0.29, 0.717) is 11.5 Å². The van der Waals surface area contributed by atoms with Crippen molar-refractivity contribution in [2.24, 2.45) is 17.1 Å². The number of likely N-dealkylation sites (N-methyl/N-ethyl adjacent to an activating group) is 2. The van der Waals surface area contributed by atoms with Crippen molar-refractivity contribution in [2.45, 2.75) is 65.5 Å². The normalized spacial score (nSPS) is 31.8. The molecule has 0 aromatic carbocycles. The fourth-order valence-electron chi connectivity index (χ4n) is 4.93. The summed E-state index contributed by atoms with van der Waals surface area (Å²) in [5.74, 6) is 0.767. The summed E-state index contributed by atoms with van der Waals surface area (Å²) < 4.78 is 0. The zero-order valence-corrected chi connectivity index (χ0v) is 14.9. The van der Waals surface area contributed by atoms with E-state index >= 15 is 0 Å². The lowest BCUT2D eigenvalue weighted by Crippen LogP contribution is -2.62. The molecular formula is C17H37N3. The highest BCUT2D eigenvalue weighted by Gasteiger charge is 2.46. The Kier molecular flexibility index (Phi) is 6.06. The van der Waals surface area contributed by atoms with E-state index in [1.807, 2.05) is 0 Å². The zero-order valence-electron chi connectivity index (χ0n) is 14.9. The van der Waals surface area contributed by atoms with E-state index in [4.69, 9.17) is 5.73 Å². The molecule has 0 amide bonds. The van der Waals surface area contributed by atoms with Crippen molar-refractivity contribution in [2.75, 3.05) is 33.7 Å². The summed E-state index contributed by atoms with van der Waals surface area (Å²) in [6, 6.07) is 0.555. The minimum atomic E-state index is 0.186. The first kappa shape index (κ1) is 17.9. The van der Waals surface area contributed by atoms with Gasteiger partial charge in [0.2, 0.25) is 0 Å². The Bertz CT molecular complexity index is 301. The van der Waals surface area contributed by atoms with Gasteiger partial charge in [0.15, 0.2) is 0 Å². The molecule has 3 atom stereocenters. The molecule has 0 saturated heterocycles. The Morgan fingerprint density at radius 3 is 2.25 bits per heavy atom. The molecule has 0 aromatic heterocycles. The Morgan fingerprint density at radius 2 is 1.85 bits per heavy atom. The lowest BCUT2D eigenvalue weighted by Gasteiger charge is -2.55. The average Bonchev–Trinajstić information content (AvgIpc) is 2.25. The van der Waals surface area contributed by atoms with Gasteiger partial charge in [-0.3, -0.25) is 4.90 Å². The van der Waals surface area contributed by atoms with Crippen LogP contribution in [-0.4, -0.2) is 55.1 Å². The van der Waals surface area contributed by atoms with Crippen LogP contribution in [0.1, 0.15) is 53.9 Å². The molecule has 3 unspecified atom stereocenters. The van der Waals surface area contributed by atoms with Gasteiger partial charge in [0.25, 0.3) is 0 Å². The van der Waals surface area contributed by atoms with E-state index in [1.165, 1.54) is 19.3 Å². The summed E-state index contributed by atoms with van der Waals surface area (Å²) in [6.07, 6.45) is 3.80. The van der Waals surface area contributed by atoms with Gasteiger partial charge in [-0.25, -0.2) is 0 Å². The maximum absolute atomic E-state index is 6.31. The van der Waals surface area contributed by atoms with Crippen molar-refractivity contribution >= 4 is 0 Å². The third-order valence-electron chi connectivity index (χ3n) is 4.93. The summed E-state index contributed by atoms with van der Waals surface area (Å²) in [7, 11) is 4.32. The van der Waals surface area contributed by atoms with Crippen LogP contribution in [0.15, 0.2) is 0 Å². The van der Waals surface area contributed by atoms with Crippen LogP contribution in [-0.2, 0) is 0 Å². The molecule has 20 heavy (non-hydrogen) atoms. The Hall–Kier alpha value is -0.120. The Morgan fingerprint density at radius 1 is 1.25 bits per heavy atom. The van der Waals surface area contributed by atoms with E-state index < -0.39 is 0 Å². The zero-order chi connectivity index (χ0) is 15.6. The lowest BCUT2D eigenvalue weighted by atomic mass is 9.63. The first-order valence-corrected chi connectivity index (χ1v) is 8.27. The lowest BCUT2D eigenvalue weighted by molar-refractivity contribution is -0.0338. The molecule has 0 bridgehead atoms. The van der Waals surface area contributed by atoms with Crippen LogP contribution in [0.5, 0.6) is 0 Å². The smallest absolute Gasteiger partial charge is 0.0342 e. The monoisotopic (exact) mass is 283 g/mol. The second-order valence-corrected chi connectivity index (χ2v) is 8.18. The van der Waals surface area contributed by atoms with Crippen LogP contribution < -0.4 is 5.73 Å². The van der Waals surface area contributed by atoms with Gasteiger partial charge >= 0.3 is 0 Å². The van der Waals surface area contributed by atoms with Gasteiger partial charge in [-0.15, -0.1) is 0 Å². The van der Waals surface area contributed by atoms with Gasteiger partial charge in [-0.1, -0.05) is 27.7 Å². The van der Waals surface area contributed by atoms with Crippen molar-refractivity contribution in [3.05, 3.63) is 0 Å². The molecule has 3 heteroatoms. The third-order valence-corrected chi connectivity index (χ3v) is 4.93. The second-order valence-electron chi connectivity index (χ2n) is 8.18. The van der Waals surface area contributed by atoms with Crippen molar-refractivity contribution in [3.8, 4) is 0 Å². The average molecular weight is 284 g/mol. The standard InChI is InChI=1S/C17H37N3/c1-8-20(15(3)11-19(6)7)17(13-18)10-14(2)9-16(4,5)12-17/h14-15H,8-13,18H2,1-7H3. The summed E-state index contributed by atoms with van der Waals surface area (Å²) >= 11 is 0. The first-order valence-electron chi connectivity index (χ1n) is 8.27. The molecule has 1 saturated carbocycles. The number of hydrogen-bond acceptors (Lipinski definition) is 3. The fraction of sp³-hybridized carbons (Fsp3) is 1.00. The summed E-state index contributed by atoms with van der Waals surface area (Å²) in [6.45, 7) is 14.8. The largest absolute Gasteiger partial charge is 0.329 e. The van der Waals surface area contributed by atoms with Crippen LogP contribution in [0.4, 0.5) is 0 Å². The van der Waals surface area contributed by atoms with E-state index in [1.54, 1.807) is 0 Å². The molecule has 0 aromatic rings. The van der Waals surface area contributed by atoms with E-state index in [0.717, 1.165) is 25.6 Å². The minimum Gasteiger partial charge on any atom is -0.329 e. The highest BCUT2D eigenvalue weighted by molar-refractivity contribution is 5.02. The number of rotatable bonds is 6. The van der Waals surface area contributed by atoms with E-state index in [2.05, 4.69) is 58.5 Å². The molecule has 0 radical (unpaired) electrons. The van der Waals surface area contributed by atoms with Gasteiger partial charge in [0.05, 0.1) is 0 Å². The van der Waals surface area contributed by atoms with E-state index in [9.17, 15) is 0 Å². The van der Waals surface area contributed by atoms with Gasteiger partial charge < -0.3 is 10.6 Å². The molecular weight excluding hydrogens is 246 g/mol. The number of hydrogen-bond donors (Lipinski definition) is 1. The van der Waals surface area contributed by atoms with Gasteiger partial charge in [-0.2, -0.15) is 0 Å². The predicted molar refractivity (Wildman–Crippen MR) is 89.0 cm³/mol. The van der Waals surface area contributed by atoms with Gasteiger partial charge in [0.1, 0.15) is 0 Å². The van der Waals surface area contributed by atoms with Crippen molar-refractivity contribution in [1.29, 1.82) is 0 Å². The molecule has 2 N–H and O–H groups in total. The Labute approximate surface area is 126 Å². The number of nitrogens with two attached hydrogens (primary N) is 1. The number of nitrogens with zero attached hydrogens (tertiary/aromatic N) is 2. The fourth-order valence-corrected chi connectivity index (χ4v) is 4.93. The molecule has 1 aliphatic rings. The highest BCUT2D eigenvalue weighted by Crippen LogP contribution is 2.46. The van der Waals surface area contributed by atoms with Gasteiger partial charge in [0, 0.05) is 24.7 Å². The topological polar surface area (TPSA) is 32.5 Å². The van der Waals surface area contributed by atoms with Crippen molar-refractivity contribution in [1.82, 2.24) is 9.80 Å². The maximum atomic E-state index is 6.31. The molecule has 3 nitrogen and oxygen atoms in total. The summed E-state index contributed by atoms with van der Waals surface area (Å²) in [5.41, 5.74) is 6.90. The molecule has 1 rings (SSSR count). The molecule has 1 fully saturated rings. The Balaban J connectivity index is 2.99. The van der Waals surface area contributed by atoms with Crippen LogP contribution in [0.25, 0.3) is 0 Å². The van der Waals surface area contributed by atoms with Crippen LogP contribution in [0.3, 0.4) is 0 Å². The SMILES string of the molecule is CCN(C(C)CN(C)C)C1(CN)CC(C)CC(C)(C)C1. The van der Waals surface area contributed by atoms with Crippen molar-refractivity contribution in [3.63, 3.8) is 0 Å². The third kappa shape index (κ3) is 4.19. The summed E-state index contributed by atoms with van der Waals surface area (Å²) in [5, 5.41) is 0. The van der Waals surface area contributed by atoms with Gasteiger partial charge in [-0.05, 0) is 58.2 Å². The molecule has 0 spiro atoms. The molecule has 0 aliphatic heterocycles. The first-order chi connectivity index (χ1) is 9.15. The van der Waals surface area contributed by atoms with Crippen LogP contribution in [0.2, 0.25) is 0 Å². The molecule has 1 aliphatic carbocycles. The minimum absolute atomic E-state index is 0.186. The van der Waals surface area contributed by atoms with E-state index in [-0.39, 0.29) is 5.54 Å². The second kappa shape index (κ2) is 6.76. The van der Waals surface area contributed by atoms with Crippen molar-refractivity contribution < 1.29 is 0 Å². The van der Waals surface area contributed by atoms with Crippen LogP contribution >= 0.6 is 0 Å². The molecule has 0 heterocycles. The predicted octanol–water partition coefficient (Wildman–Crippen LogP) is 2.80. The van der Waals surface area contributed by atoms with Crippen LogP contribution in [0, 0.1) is 11.3 Å². The highest BCUT2D eigenvalue weighted by atomic mass is 15.3. The maximum Gasteiger partial charge on any atom is 0.0342 e. The summed E-state index contributed by atoms with van der Waals surface area (Å²) in [4.78, 5) is 4.97.